The Labute approximate surface area is 102 Å². The first-order valence-corrected chi connectivity index (χ1v) is 5.42. The molecule has 1 aromatic carbocycles. The molecule has 0 atom stereocenters. The number of rotatable bonds is 1. The molecule has 84 valence electrons. The van der Waals surface area contributed by atoms with Gasteiger partial charge in [-0.2, -0.15) is 0 Å². The Morgan fingerprint density at radius 2 is 2.18 bits per heavy atom. The third-order valence-electron chi connectivity index (χ3n) is 2.50. The molecule has 0 spiro atoms. The molecule has 1 aliphatic heterocycles. The van der Waals surface area contributed by atoms with E-state index in [1.165, 1.54) is 0 Å². The van der Waals surface area contributed by atoms with Crippen LogP contribution in [0.5, 0.6) is 5.88 Å². The molecule has 0 saturated heterocycles. The van der Waals surface area contributed by atoms with E-state index in [-0.39, 0.29) is 10.7 Å². The van der Waals surface area contributed by atoms with Gasteiger partial charge in [0, 0.05) is 17.4 Å². The first-order valence-electron chi connectivity index (χ1n) is 5.01. The summed E-state index contributed by atoms with van der Waals surface area (Å²) in [6, 6.07) is 7.76. The first kappa shape index (κ1) is 10.0. The highest BCUT2D eigenvalue weighted by Crippen LogP contribution is 2.33. The smallest absolute Gasteiger partial charge is 0.269 e. The fourth-order valence-electron chi connectivity index (χ4n) is 1.73. The van der Waals surface area contributed by atoms with Gasteiger partial charge in [-0.1, -0.05) is 18.2 Å². The van der Waals surface area contributed by atoms with E-state index in [4.69, 9.17) is 16.6 Å². The lowest BCUT2D eigenvalue weighted by molar-refractivity contribution is 0.444. The van der Waals surface area contributed by atoms with Crippen LogP contribution in [0.15, 0.2) is 33.7 Å². The minimum atomic E-state index is -0.0692. The summed E-state index contributed by atoms with van der Waals surface area (Å²) in [6.07, 6.45) is 3.44. The molecular formula is C12H8N2O2S. The Morgan fingerprint density at radius 1 is 1.35 bits per heavy atom. The highest BCUT2D eigenvalue weighted by atomic mass is 32.1. The number of nitrogens with zero attached hydrogens (tertiary/aromatic N) is 1. The van der Waals surface area contributed by atoms with Crippen molar-refractivity contribution < 1.29 is 9.52 Å². The van der Waals surface area contributed by atoms with E-state index < -0.39 is 0 Å². The monoisotopic (exact) mass is 244 g/mol. The zero-order valence-corrected chi connectivity index (χ0v) is 9.49. The van der Waals surface area contributed by atoms with Crippen LogP contribution in [0.3, 0.4) is 0 Å². The fourth-order valence-corrected chi connectivity index (χ4v) is 1.91. The number of benzene rings is 1. The number of allylic oxidation sites excluding steroid dienone is 1. The van der Waals surface area contributed by atoms with Gasteiger partial charge in [0.25, 0.3) is 4.84 Å². The molecule has 0 fully saturated rings. The Bertz CT molecular complexity index is 695. The van der Waals surface area contributed by atoms with Crippen LogP contribution in [0.4, 0.5) is 5.69 Å². The summed E-state index contributed by atoms with van der Waals surface area (Å²) >= 11 is 4.79. The molecular weight excluding hydrogens is 236 g/mol. The van der Waals surface area contributed by atoms with Crippen molar-refractivity contribution in [2.75, 3.05) is 0 Å². The molecule has 2 N–H and O–H groups in total. The predicted octanol–water partition coefficient (Wildman–Crippen LogP) is 3.30. The van der Waals surface area contributed by atoms with Crippen molar-refractivity contribution >= 4 is 35.8 Å². The van der Waals surface area contributed by atoms with Crippen molar-refractivity contribution in [3.05, 3.63) is 40.4 Å². The molecule has 2 aromatic rings. The van der Waals surface area contributed by atoms with Crippen LogP contribution < -0.4 is 0 Å². The summed E-state index contributed by atoms with van der Waals surface area (Å²) in [7, 11) is 0. The second kappa shape index (κ2) is 3.71. The van der Waals surface area contributed by atoms with E-state index in [0.29, 0.717) is 5.76 Å². The van der Waals surface area contributed by atoms with E-state index in [2.05, 4.69) is 9.98 Å². The number of hydrogen-bond acceptors (Lipinski definition) is 4. The molecule has 0 radical (unpaired) electrons. The number of nitrogens with one attached hydrogen (secondary N) is 1. The number of fused-ring (bicyclic) bond motifs is 1. The maximum absolute atomic E-state index is 9.53. The predicted molar refractivity (Wildman–Crippen MR) is 68.0 cm³/mol. The summed E-state index contributed by atoms with van der Waals surface area (Å²) in [5.41, 5.74) is 2.80. The number of hydrogen-bond donors (Lipinski definition) is 2. The molecule has 0 unspecified atom stereocenters. The summed E-state index contributed by atoms with van der Waals surface area (Å²) in [6.45, 7) is 0. The number of aromatic amines is 1. The molecule has 2 heterocycles. The van der Waals surface area contributed by atoms with Gasteiger partial charge in [0.05, 0.1) is 5.69 Å². The van der Waals surface area contributed by atoms with Gasteiger partial charge in [-0.3, -0.25) is 9.98 Å². The topological polar surface area (TPSA) is 61.5 Å². The van der Waals surface area contributed by atoms with Crippen LogP contribution >= 0.6 is 12.2 Å². The van der Waals surface area contributed by atoms with Crippen LogP contribution in [0.25, 0.3) is 11.6 Å². The molecule has 0 amide bonds. The van der Waals surface area contributed by atoms with Crippen molar-refractivity contribution in [3.8, 4) is 5.88 Å². The van der Waals surface area contributed by atoms with Gasteiger partial charge in [0.2, 0.25) is 5.88 Å². The fraction of sp³-hybridized carbons (Fsp3) is 0. The second-order valence-corrected chi connectivity index (χ2v) is 3.97. The highest BCUT2D eigenvalue weighted by Gasteiger charge is 2.13. The van der Waals surface area contributed by atoms with Crippen molar-refractivity contribution in [1.29, 1.82) is 0 Å². The molecule has 1 aromatic heterocycles. The van der Waals surface area contributed by atoms with Crippen molar-refractivity contribution in [3.63, 3.8) is 0 Å². The van der Waals surface area contributed by atoms with Crippen LogP contribution in [-0.2, 0) is 0 Å². The highest BCUT2D eigenvalue weighted by molar-refractivity contribution is 7.71. The third-order valence-corrected chi connectivity index (χ3v) is 2.69. The first-order chi connectivity index (χ1) is 8.24. The number of aromatic hydroxyl groups is 1. The van der Waals surface area contributed by atoms with Crippen molar-refractivity contribution in [2.45, 2.75) is 0 Å². The third kappa shape index (κ3) is 1.70. The van der Waals surface area contributed by atoms with Crippen LogP contribution in [0.1, 0.15) is 11.3 Å². The molecule has 4 nitrogen and oxygen atoms in total. The quantitative estimate of drug-likeness (QED) is 0.756. The summed E-state index contributed by atoms with van der Waals surface area (Å²) < 4.78 is 5.16. The Hall–Kier alpha value is -2.14. The average Bonchev–Trinajstić information content (AvgIpc) is 2.85. The van der Waals surface area contributed by atoms with Crippen LogP contribution in [0, 0.1) is 4.84 Å². The lowest BCUT2D eigenvalue weighted by Gasteiger charge is -1.97. The number of aliphatic imine (C=N–C) groups is 1. The zero-order valence-electron chi connectivity index (χ0n) is 8.68. The van der Waals surface area contributed by atoms with Gasteiger partial charge in [-0.25, -0.2) is 0 Å². The van der Waals surface area contributed by atoms with Crippen molar-refractivity contribution in [1.82, 2.24) is 4.98 Å². The van der Waals surface area contributed by atoms with Crippen LogP contribution in [-0.4, -0.2) is 16.3 Å². The van der Waals surface area contributed by atoms with E-state index >= 15 is 0 Å². The van der Waals surface area contributed by atoms with E-state index in [0.717, 1.165) is 16.8 Å². The largest absolute Gasteiger partial charge is 0.492 e. The van der Waals surface area contributed by atoms with Gasteiger partial charge >= 0.3 is 0 Å². The maximum atomic E-state index is 9.53. The summed E-state index contributed by atoms with van der Waals surface area (Å²) in [5.74, 6) is 0.244. The van der Waals surface area contributed by atoms with E-state index in [1.54, 1.807) is 12.3 Å². The van der Waals surface area contributed by atoms with Gasteiger partial charge in [-0.05, 0) is 24.4 Å². The lowest BCUT2D eigenvalue weighted by Crippen LogP contribution is -1.79. The average molecular weight is 244 g/mol. The van der Waals surface area contributed by atoms with E-state index in [1.807, 2.05) is 24.3 Å². The normalized spacial score (nSPS) is 15.4. The molecule has 3 rings (SSSR count). The standard InChI is InChI=1S/C12H8N2O2S/c15-11-10(16-12(17)14-11)5-7-6-13-9-4-2-1-3-8(7)9/h1-6,15H,(H,14,17)/b7-5+. The minimum Gasteiger partial charge on any atom is -0.492 e. The Balaban J connectivity index is 2.11. The van der Waals surface area contributed by atoms with Gasteiger partial charge in [-0.15, -0.1) is 0 Å². The number of oxazole rings is 1. The van der Waals surface area contributed by atoms with Gasteiger partial charge in [0.15, 0.2) is 5.76 Å². The van der Waals surface area contributed by atoms with Gasteiger partial charge < -0.3 is 9.52 Å². The lowest BCUT2D eigenvalue weighted by atomic mass is 10.1. The molecule has 5 heteroatoms. The Kier molecular flexibility index (Phi) is 2.19. The minimum absolute atomic E-state index is 0.0692. The number of para-hydroxylation sites is 1. The molecule has 17 heavy (non-hydrogen) atoms. The van der Waals surface area contributed by atoms with Crippen LogP contribution in [0.2, 0.25) is 0 Å². The molecule has 0 bridgehead atoms. The zero-order chi connectivity index (χ0) is 11.8. The van der Waals surface area contributed by atoms with Gasteiger partial charge in [0.1, 0.15) is 0 Å². The SMILES string of the molecule is Oc1[nH]c(=S)oc1/C=C1\C=Nc2ccccc21. The number of aromatic nitrogens is 1. The second-order valence-electron chi connectivity index (χ2n) is 3.60. The Morgan fingerprint density at radius 3 is 2.94 bits per heavy atom. The molecule has 0 saturated carbocycles. The molecule has 0 aliphatic carbocycles. The van der Waals surface area contributed by atoms with Crippen molar-refractivity contribution in [2.24, 2.45) is 4.99 Å². The molecule has 1 aliphatic rings. The summed E-state index contributed by atoms with van der Waals surface area (Å²) in [4.78, 5) is 6.93. The van der Waals surface area contributed by atoms with E-state index in [9.17, 15) is 5.11 Å². The summed E-state index contributed by atoms with van der Waals surface area (Å²) in [5, 5.41) is 9.53. The maximum Gasteiger partial charge on any atom is 0.269 e. The number of H-pyrrole nitrogens is 1.